The molecular formula is C13H24S. The van der Waals surface area contributed by atoms with Crippen LogP contribution in [-0.4, -0.2) is 12.0 Å². The van der Waals surface area contributed by atoms with E-state index in [2.05, 4.69) is 24.9 Å². The van der Waals surface area contributed by atoms with Crippen LogP contribution in [0.15, 0.2) is 0 Å². The zero-order chi connectivity index (χ0) is 9.97. The number of rotatable bonds is 4. The third-order valence-electron chi connectivity index (χ3n) is 4.65. The van der Waals surface area contributed by atoms with Gasteiger partial charge < -0.3 is 0 Å². The lowest BCUT2D eigenvalue weighted by molar-refractivity contribution is 0.0824. The summed E-state index contributed by atoms with van der Waals surface area (Å²) in [5.41, 5.74) is 0. The van der Waals surface area contributed by atoms with Crippen LogP contribution in [0.5, 0.6) is 0 Å². The molecule has 2 aliphatic rings. The monoisotopic (exact) mass is 212 g/mol. The van der Waals surface area contributed by atoms with Gasteiger partial charge in [-0.25, -0.2) is 0 Å². The van der Waals surface area contributed by atoms with Gasteiger partial charge in [0.2, 0.25) is 0 Å². The fraction of sp³-hybridized carbons (Fsp3) is 1.00. The van der Waals surface area contributed by atoms with Crippen molar-refractivity contribution in [1.29, 1.82) is 0 Å². The minimum atomic E-state index is 1.07. The second kappa shape index (κ2) is 4.92. The summed E-state index contributed by atoms with van der Waals surface area (Å²) >= 11 is 2.06. The van der Waals surface area contributed by atoms with Crippen LogP contribution in [0.25, 0.3) is 0 Å². The third kappa shape index (κ3) is 1.98. The molecule has 0 spiro atoms. The van der Waals surface area contributed by atoms with Crippen molar-refractivity contribution in [2.24, 2.45) is 23.7 Å². The van der Waals surface area contributed by atoms with Gasteiger partial charge in [-0.3, -0.25) is 0 Å². The topological polar surface area (TPSA) is 0 Å². The lowest BCUT2D eigenvalue weighted by atomic mass is 9.64. The Bertz CT molecular complexity index is 176. The molecule has 1 heteroatoms. The molecule has 0 aliphatic heterocycles. The molecule has 2 saturated carbocycles. The van der Waals surface area contributed by atoms with Crippen LogP contribution in [0.2, 0.25) is 0 Å². The van der Waals surface area contributed by atoms with Gasteiger partial charge in [-0.05, 0) is 61.4 Å². The lowest BCUT2D eigenvalue weighted by Crippen LogP contribution is -2.34. The Kier molecular flexibility index (Phi) is 3.81. The second-order valence-electron chi connectivity index (χ2n) is 5.22. The Morgan fingerprint density at radius 2 is 1.79 bits per heavy atom. The van der Waals surface area contributed by atoms with E-state index in [4.69, 9.17) is 0 Å². The molecule has 0 bridgehead atoms. The highest BCUT2D eigenvalue weighted by Gasteiger charge is 2.40. The van der Waals surface area contributed by atoms with Crippen LogP contribution < -0.4 is 0 Å². The second-order valence-corrected chi connectivity index (χ2v) is 6.13. The molecule has 2 fully saturated rings. The van der Waals surface area contributed by atoms with Crippen molar-refractivity contribution in [3.8, 4) is 0 Å². The van der Waals surface area contributed by atoms with Gasteiger partial charge in [0, 0.05) is 0 Å². The SMILES string of the molecule is CCC1CCC1C1CCCC1CSC. The van der Waals surface area contributed by atoms with Crippen LogP contribution in [-0.2, 0) is 0 Å². The van der Waals surface area contributed by atoms with E-state index in [1.807, 2.05) is 0 Å². The van der Waals surface area contributed by atoms with Crippen molar-refractivity contribution in [3.63, 3.8) is 0 Å². The van der Waals surface area contributed by atoms with Gasteiger partial charge in [0.1, 0.15) is 0 Å². The predicted molar refractivity (Wildman–Crippen MR) is 65.7 cm³/mol. The van der Waals surface area contributed by atoms with E-state index in [1.165, 1.54) is 31.4 Å². The summed E-state index contributed by atoms with van der Waals surface area (Å²) in [7, 11) is 0. The van der Waals surface area contributed by atoms with Crippen molar-refractivity contribution >= 4 is 11.8 Å². The zero-order valence-corrected chi connectivity index (χ0v) is 10.5. The van der Waals surface area contributed by atoms with Gasteiger partial charge >= 0.3 is 0 Å². The summed E-state index contributed by atoms with van der Waals surface area (Å²) in [4.78, 5) is 0. The first-order valence-corrected chi connectivity index (χ1v) is 7.75. The summed E-state index contributed by atoms with van der Waals surface area (Å²) in [6.07, 6.45) is 11.4. The number of thioether (sulfide) groups is 1. The summed E-state index contributed by atoms with van der Waals surface area (Å²) in [6.45, 7) is 2.38. The van der Waals surface area contributed by atoms with Crippen LogP contribution in [0, 0.1) is 23.7 Å². The summed E-state index contributed by atoms with van der Waals surface area (Å²) < 4.78 is 0. The molecule has 4 atom stereocenters. The molecule has 2 aliphatic carbocycles. The van der Waals surface area contributed by atoms with Crippen LogP contribution in [0.4, 0.5) is 0 Å². The minimum absolute atomic E-state index is 1.07. The number of hydrogen-bond acceptors (Lipinski definition) is 1. The molecule has 0 radical (unpaired) electrons. The van der Waals surface area contributed by atoms with Crippen LogP contribution >= 0.6 is 11.8 Å². The van der Waals surface area contributed by atoms with E-state index in [9.17, 15) is 0 Å². The molecule has 0 nitrogen and oxygen atoms in total. The van der Waals surface area contributed by atoms with Gasteiger partial charge in [-0.2, -0.15) is 11.8 Å². The summed E-state index contributed by atoms with van der Waals surface area (Å²) in [5, 5.41) is 0. The Morgan fingerprint density at radius 1 is 1.00 bits per heavy atom. The molecule has 0 saturated heterocycles. The average Bonchev–Trinajstić information content (AvgIpc) is 2.53. The van der Waals surface area contributed by atoms with E-state index in [-0.39, 0.29) is 0 Å². The summed E-state index contributed by atoms with van der Waals surface area (Å²) in [5.74, 6) is 5.84. The van der Waals surface area contributed by atoms with Crippen LogP contribution in [0.3, 0.4) is 0 Å². The fourth-order valence-electron chi connectivity index (χ4n) is 3.72. The first-order chi connectivity index (χ1) is 6.86. The molecule has 0 amide bonds. The highest BCUT2D eigenvalue weighted by atomic mass is 32.2. The molecule has 82 valence electrons. The molecule has 0 aromatic heterocycles. The molecule has 0 aromatic rings. The van der Waals surface area contributed by atoms with Gasteiger partial charge in [0.25, 0.3) is 0 Å². The van der Waals surface area contributed by atoms with Gasteiger partial charge in [0.15, 0.2) is 0 Å². The Balaban J connectivity index is 1.89. The van der Waals surface area contributed by atoms with Gasteiger partial charge in [-0.15, -0.1) is 0 Å². The molecule has 0 N–H and O–H groups in total. The van der Waals surface area contributed by atoms with Gasteiger partial charge in [0.05, 0.1) is 0 Å². The zero-order valence-electron chi connectivity index (χ0n) is 9.67. The van der Waals surface area contributed by atoms with E-state index >= 15 is 0 Å². The molecular weight excluding hydrogens is 188 g/mol. The van der Waals surface area contributed by atoms with E-state index in [0.29, 0.717) is 0 Å². The van der Waals surface area contributed by atoms with Crippen molar-refractivity contribution in [2.45, 2.75) is 45.4 Å². The Hall–Kier alpha value is 0.350. The minimum Gasteiger partial charge on any atom is -0.165 e. The van der Waals surface area contributed by atoms with Gasteiger partial charge in [-0.1, -0.05) is 19.8 Å². The predicted octanol–water partition coefficient (Wildman–Crippen LogP) is 4.20. The van der Waals surface area contributed by atoms with Crippen molar-refractivity contribution in [1.82, 2.24) is 0 Å². The fourth-order valence-corrected chi connectivity index (χ4v) is 4.56. The smallest absolute Gasteiger partial charge is 0.00392 e. The third-order valence-corrected chi connectivity index (χ3v) is 5.41. The lowest BCUT2D eigenvalue weighted by Gasteiger charge is -2.42. The highest BCUT2D eigenvalue weighted by molar-refractivity contribution is 7.98. The number of hydrogen-bond donors (Lipinski definition) is 0. The quantitative estimate of drug-likeness (QED) is 0.673. The molecule has 0 heterocycles. The van der Waals surface area contributed by atoms with E-state index < -0.39 is 0 Å². The van der Waals surface area contributed by atoms with E-state index in [0.717, 1.165) is 23.7 Å². The van der Waals surface area contributed by atoms with Crippen molar-refractivity contribution in [2.75, 3.05) is 12.0 Å². The molecule has 4 unspecified atom stereocenters. The summed E-state index contributed by atoms with van der Waals surface area (Å²) in [6, 6.07) is 0. The Morgan fingerprint density at radius 3 is 2.36 bits per heavy atom. The van der Waals surface area contributed by atoms with Crippen LogP contribution in [0.1, 0.15) is 45.4 Å². The first kappa shape index (κ1) is 10.9. The van der Waals surface area contributed by atoms with Crippen molar-refractivity contribution < 1.29 is 0 Å². The average molecular weight is 212 g/mol. The maximum absolute atomic E-state index is 2.38. The molecule has 14 heavy (non-hydrogen) atoms. The Labute approximate surface area is 93.2 Å². The standard InChI is InChI=1S/C13H24S/c1-3-10-7-8-13(10)12-6-4-5-11(12)9-14-2/h10-13H,3-9H2,1-2H3. The van der Waals surface area contributed by atoms with E-state index in [1.54, 1.807) is 12.8 Å². The van der Waals surface area contributed by atoms with Crippen molar-refractivity contribution in [3.05, 3.63) is 0 Å². The molecule has 2 rings (SSSR count). The largest absolute Gasteiger partial charge is 0.165 e. The highest BCUT2D eigenvalue weighted by Crippen LogP contribution is 2.50. The first-order valence-electron chi connectivity index (χ1n) is 6.35. The normalized spacial score (nSPS) is 42.4. The molecule has 0 aromatic carbocycles. The maximum atomic E-state index is 2.38. The maximum Gasteiger partial charge on any atom is -0.00392 e.